The quantitative estimate of drug-likeness (QED) is 0.845. The van der Waals surface area contributed by atoms with E-state index in [1.807, 2.05) is 0 Å². The summed E-state index contributed by atoms with van der Waals surface area (Å²) < 4.78 is 2.16. The highest BCUT2D eigenvalue weighted by atomic mass is 16.2. The molecule has 1 unspecified atom stereocenters. The Hall–Kier alpha value is -1.85. The number of hydrogen-bond acceptors (Lipinski definition) is 3. The van der Waals surface area contributed by atoms with Crippen LogP contribution in [0, 0.1) is 0 Å². The van der Waals surface area contributed by atoms with Crippen LogP contribution in [-0.2, 0) is 17.9 Å². The normalized spacial score (nSPS) is 26.2. The molecule has 1 aromatic carbocycles. The number of hydrogen-bond donors (Lipinski definition) is 1. The molecule has 2 atom stereocenters. The molecule has 1 aliphatic carbocycles. The van der Waals surface area contributed by atoms with Crippen LogP contribution in [0.4, 0.5) is 0 Å². The van der Waals surface area contributed by atoms with Gasteiger partial charge < -0.3 is 9.88 Å². The average Bonchev–Trinajstić information content (AvgIpc) is 3.44. The van der Waals surface area contributed by atoms with Crippen molar-refractivity contribution in [3.8, 4) is 0 Å². The summed E-state index contributed by atoms with van der Waals surface area (Å²) in [5, 5.41) is 4.53. The van der Waals surface area contributed by atoms with Gasteiger partial charge in [0, 0.05) is 54.9 Å². The zero-order chi connectivity index (χ0) is 19.8. The molecular formula is C24H34N4O. The molecule has 0 spiro atoms. The molecular weight excluding hydrogens is 360 g/mol. The fourth-order valence-electron chi connectivity index (χ4n) is 5.76. The number of carbonyl (C=O) groups is 1. The van der Waals surface area contributed by atoms with Gasteiger partial charge in [-0.25, -0.2) is 0 Å². The zero-order valence-corrected chi connectivity index (χ0v) is 17.6. The minimum atomic E-state index is 0.150. The standard InChI is InChI=1S/C24H34N4O/c1-18-13-26-12-6-9-21(26)16-27(18)14-19-15-28(23-11-5-4-10-22(19)23)17-24(29)25-20-7-2-3-8-20/h4-5,10-11,15,18,20-21H,2-3,6-9,12-14,16-17H2,1H3,(H,25,29)/t18-,21?/m0/s1. The highest BCUT2D eigenvalue weighted by Crippen LogP contribution is 2.28. The van der Waals surface area contributed by atoms with Crippen molar-refractivity contribution in [3.63, 3.8) is 0 Å². The van der Waals surface area contributed by atoms with Crippen molar-refractivity contribution in [2.75, 3.05) is 19.6 Å². The second kappa shape index (κ2) is 8.11. The maximum atomic E-state index is 12.6. The van der Waals surface area contributed by atoms with Crippen LogP contribution >= 0.6 is 0 Å². The Morgan fingerprint density at radius 2 is 1.93 bits per heavy atom. The van der Waals surface area contributed by atoms with Crippen molar-refractivity contribution in [1.29, 1.82) is 0 Å². The molecule has 3 aliphatic rings. The summed E-state index contributed by atoms with van der Waals surface area (Å²) in [5.41, 5.74) is 2.53. The number of para-hydroxylation sites is 1. The van der Waals surface area contributed by atoms with E-state index in [-0.39, 0.29) is 5.91 Å². The molecule has 2 aliphatic heterocycles. The number of carbonyl (C=O) groups excluding carboxylic acids is 1. The summed E-state index contributed by atoms with van der Waals surface area (Å²) in [6, 6.07) is 10.3. The van der Waals surface area contributed by atoms with Crippen LogP contribution in [-0.4, -0.2) is 58.0 Å². The Morgan fingerprint density at radius 3 is 2.79 bits per heavy atom. The van der Waals surface area contributed by atoms with Gasteiger partial charge in [-0.05, 0) is 50.8 Å². The molecule has 29 heavy (non-hydrogen) atoms. The van der Waals surface area contributed by atoms with Gasteiger partial charge in [-0.1, -0.05) is 31.0 Å². The summed E-state index contributed by atoms with van der Waals surface area (Å²) in [4.78, 5) is 18.0. The van der Waals surface area contributed by atoms with Crippen molar-refractivity contribution in [2.45, 2.75) is 76.7 Å². The Morgan fingerprint density at radius 1 is 1.10 bits per heavy atom. The molecule has 3 heterocycles. The first-order valence-electron chi connectivity index (χ1n) is 11.5. The first-order valence-corrected chi connectivity index (χ1v) is 11.5. The minimum absolute atomic E-state index is 0.150. The fourth-order valence-corrected chi connectivity index (χ4v) is 5.76. The fraction of sp³-hybridized carbons (Fsp3) is 0.625. The summed E-state index contributed by atoms with van der Waals surface area (Å²) in [6.45, 7) is 7.39. The SMILES string of the molecule is C[C@H]1CN2CCCC2CN1Cc1cn(CC(=O)NC2CCCC2)c2ccccc12. The molecule has 3 fully saturated rings. The predicted octanol–water partition coefficient (Wildman–Crippen LogP) is 3.37. The Kier molecular flexibility index (Phi) is 5.35. The number of amides is 1. The van der Waals surface area contributed by atoms with Gasteiger partial charge in [0.2, 0.25) is 5.91 Å². The van der Waals surface area contributed by atoms with E-state index in [1.165, 1.54) is 61.8 Å². The summed E-state index contributed by atoms with van der Waals surface area (Å²) in [7, 11) is 0. The lowest BCUT2D eigenvalue weighted by atomic mass is 10.1. The lowest BCUT2D eigenvalue weighted by molar-refractivity contribution is -0.122. The number of nitrogens with one attached hydrogen (secondary N) is 1. The van der Waals surface area contributed by atoms with Gasteiger partial charge in [-0.3, -0.25) is 14.6 Å². The molecule has 5 rings (SSSR count). The number of piperazine rings is 1. The van der Waals surface area contributed by atoms with Crippen molar-refractivity contribution in [2.24, 2.45) is 0 Å². The molecule has 0 bridgehead atoms. The summed E-state index contributed by atoms with van der Waals surface area (Å²) in [5.74, 6) is 0.150. The van der Waals surface area contributed by atoms with E-state index in [1.54, 1.807) is 0 Å². The number of benzene rings is 1. The Bertz CT molecular complexity index is 869. The van der Waals surface area contributed by atoms with Gasteiger partial charge in [0.1, 0.15) is 6.54 Å². The number of fused-ring (bicyclic) bond motifs is 2. The third kappa shape index (κ3) is 3.95. The first-order chi connectivity index (χ1) is 14.2. The van der Waals surface area contributed by atoms with Gasteiger partial charge in [0.25, 0.3) is 0 Å². The molecule has 1 amide bonds. The molecule has 2 aromatic rings. The number of rotatable bonds is 5. The van der Waals surface area contributed by atoms with Crippen molar-refractivity contribution in [1.82, 2.24) is 19.7 Å². The molecule has 5 heteroatoms. The largest absolute Gasteiger partial charge is 0.352 e. The van der Waals surface area contributed by atoms with Crippen molar-refractivity contribution >= 4 is 16.8 Å². The summed E-state index contributed by atoms with van der Waals surface area (Å²) in [6.07, 6.45) is 9.67. The van der Waals surface area contributed by atoms with Crippen LogP contribution in [0.15, 0.2) is 30.5 Å². The molecule has 1 saturated carbocycles. The van der Waals surface area contributed by atoms with E-state index in [9.17, 15) is 4.79 Å². The second-order valence-electron chi connectivity index (χ2n) is 9.42. The third-order valence-electron chi connectivity index (χ3n) is 7.35. The summed E-state index contributed by atoms with van der Waals surface area (Å²) >= 11 is 0. The maximum Gasteiger partial charge on any atom is 0.240 e. The second-order valence-corrected chi connectivity index (χ2v) is 9.42. The Balaban J connectivity index is 1.33. The molecule has 5 nitrogen and oxygen atoms in total. The van der Waals surface area contributed by atoms with E-state index >= 15 is 0 Å². The van der Waals surface area contributed by atoms with E-state index < -0.39 is 0 Å². The topological polar surface area (TPSA) is 40.5 Å². The van der Waals surface area contributed by atoms with Gasteiger partial charge in [-0.15, -0.1) is 0 Å². The van der Waals surface area contributed by atoms with Crippen LogP contribution in [0.3, 0.4) is 0 Å². The first kappa shape index (κ1) is 19.1. The molecule has 156 valence electrons. The van der Waals surface area contributed by atoms with Crippen LogP contribution in [0.2, 0.25) is 0 Å². The molecule has 1 aromatic heterocycles. The van der Waals surface area contributed by atoms with Crippen LogP contribution in [0.25, 0.3) is 10.9 Å². The monoisotopic (exact) mass is 394 g/mol. The van der Waals surface area contributed by atoms with Crippen LogP contribution < -0.4 is 5.32 Å². The van der Waals surface area contributed by atoms with Gasteiger partial charge >= 0.3 is 0 Å². The minimum Gasteiger partial charge on any atom is -0.352 e. The van der Waals surface area contributed by atoms with Gasteiger partial charge in [0.05, 0.1) is 0 Å². The molecule has 0 radical (unpaired) electrons. The van der Waals surface area contributed by atoms with E-state index in [0.29, 0.717) is 18.6 Å². The van der Waals surface area contributed by atoms with E-state index in [4.69, 9.17) is 0 Å². The van der Waals surface area contributed by atoms with Crippen LogP contribution in [0.5, 0.6) is 0 Å². The average molecular weight is 395 g/mol. The van der Waals surface area contributed by atoms with E-state index in [0.717, 1.165) is 25.4 Å². The van der Waals surface area contributed by atoms with E-state index in [2.05, 4.69) is 57.1 Å². The highest BCUT2D eigenvalue weighted by Gasteiger charge is 2.34. The lowest BCUT2D eigenvalue weighted by Gasteiger charge is -2.42. The zero-order valence-electron chi connectivity index (χ0n) is 17.6. The maximum absolute atomic E-state index is 12.6. The predicted molar refractivity (Wildman–Crippen MR) is 117 cm³/mol. The molecule has 2 saturated heterocycles. The number of aromatic nitrogens is 1. The lowest BCUT2D eigenvalue weighted by Crippen LogP contribution is -2.54. The Labute approximate surface area is 174 Å². The van der Waals surface area contributed by atoms with Gasteiger partial charge in [-0.2, -0.15) is 0 Å². The van der Waals surface area contributed by atoms with Crippen molar-refractivity contribution < 1.29 is 4.79 Å². The van der Waals surface area contributed by atoms with Crippen LogP contribution in [0.1, 0.15) is 51.0 Å². The van der Waals surface area contributed by atoms with Crippen molar-refractivity contribution in [3.05, 3.63) is 36.0 Å². The molecule has 1 N–H and O–H groups in total. The smallest absolute Gasteiger partial charge is 0.240 e. The third-order valence-corrected chi connectivity index (χ3v) is 7.35. The highest BCUT2D eigenvalue weighted by molar-refractivity contribution is 5.86. The number of nitrogens with zero attached hydrogens (tertiary/aromatic N) is 3. The van der Waals surface area contributed by atoms with Gasteiger partial charge in [0.15, 0.2) is 0 Å².